The molecule has 0 fully saturated rings. The molecule has 0 saturated heterocycles. The molecule has 1 aliphatic heterocycles. The number of aryl methyl sites for hydroxylation is 1. The van der Waals surface area contributed by atoms with Gasteiger partial charge < -0.3 is 19.7 Å². The predicted octanol–water partition coefficient (Wildman–Crippen LogP) is 2.57. The summed E-state index contributed by atoms with van der Waals surface area (Å²) in [5.74, 6) is -1.71. The van der Waals surface area contributed by atoms with Crippen LogP contribution in [0.2, 0.25) is 5.02 Å². The first-order valence-corrected chi connectivity index (χ1v) is 7.41. The highest BCUT2D eigenvalue weighted by Crippen LogP contribution is 2.35. The number of phenols is 1. The highest BCUT2D eigenvalue weighted by molar-refractivity contribution is 6.46. The van der Waals surface area contributed by atoms with Gasteiger partial charge in [0.15, 0.2) is 11.5 Å². The maximum atomic E-state index is 12.3. The molecule has 0 amide bonds. The fourth-order valence-electron chi connectivity index (χ4n) is 2.40. The summed E-state index contributed by atoms with van der Waals surface area (Å²) < 4.78 is 10.3. The molecule has 2 aromatic carbocycles. The highest BCUT2D eigenvalue weighted by atomic mass is 35.5. The van der Waals surface area contributed by atoms with Crippen LogP contribution in [0, 0.1) is 6.92 Å². The van der Waals surface area contributed by atoms with E-state index in [1.165, 1.54) is 24.3 Å². The van der Waals surface area contributed by atoms with Crippen LogP contribution < -0.4 is 9.47 Å². The number of aliphatic hydroxyl groups excluding tert-OH is 1. The number of carbonyl (C=O) groups excluding carboxylic acids is 2. The molecule has 1 atom stereocenters. The van der Waals surface area contributed by atoms with Crippen molar-refractivity contribution in [2.75, 3.05) is 6.79 Å². The van der Waals surface area contributed by atoms with E-state index in [4.69, 9.17) is 21.1 Å². The van der Waals surface area contributed by atoms with Gasteiger partial charge in [0.1, 0.15) is 11.9 Å². The summed E-state index contributed by atoms with van der Waals surface area (Å²) >= 11 is 5.82. The molecule has 24 heavy (non-hydrogen) atoms. The lowest BCUT2D eigenvalue weighted by Crippen LogP contribution is -2.22. The van der Waals surface area contributed by atoms with Crippen molar-refractivity contribution >= 4 is 23.2 Å². The second-order valence-corrected chi connectivity index (χ2v) is 5.76. The van der Waals surface area contributed by atoms with E-state index in [1.54, 1.807) is 13.0 Å². The number of Topliss-reactive ketones (excluding diaryl/α,β-unsaturated/α-hetero) is 2. The van der Waals surface area contributed by atoms with Crippen molar-refractivity contribution in [1.82, 2.24) is 0 Å². The van der Waals surface area contributed by atoms with E-state index < -0.39 is 23.4 Å². The summed E-state index contributed by atoms with van der Waals surface area (Å²) in [4.78, 5) is 24.6. The molecule has 1 heterocycles. The largest absolute Gasteiger partial charge is 0.506 e. The Labute approximate surface area is 142 Å². The van der Waals surface area contributed by atoms with Crippen molar-refractivity contribution in [3.05, 3.63) is 52.0 Å². The first-order valence-electron chi connectivity index (χ1n) is 7.03. The number of ether oxygens (including phenoxy) is 2. The lowest BCUT2D eigenvalue weighted by Gasteiger charge is -2.11. The molecule has 124 valence electrons. The average Bonchev–Trinajstić information content (AvgIpc) is 3.03. The van der Waals surface area contributed by atoms with Crippen LogP contribution in [0.15, 0.2) is 30.3 Å². The second kappa shape index (κ2) is 6.14. The number of aliphatic hydroxyl groups is 1. The van der Waals surface area contributed by atoms with Gasteiger partial charge in [0.25, 0.3) is 0 Å². The Bertz CT molecular complexity index is 845. The van der Waals surface area contributed by atoms with Crippen molar-refractivity contribution in [3.8, 4) is 17.2 Å². The minimum absolute atomic E-state index is 0.0382. The van der Waals surface area contributed by atoms with Crippen LogP contribution in [-0.4, -0.2) is 28.6 Å². The van der Waals surface area contributed by atoms with Crippen LogP contribution in [0.1, 0.15) is 27.6 Å². The number of rotatable bonds is 4. The van der Waals surface area contributed by atoms with Gasteiger partial charge in [-0.2, -0.15) is 0 Å². The van der Waals surface area contributed by atoms with Crippen molar-refractivity contribution in [3.63, 3.8) is 0 Å². The van der Waals surface area contributed by atoms with Crippen molar-refractivity contribution < 1.29 is 29.3 Å². The zero-order valence-corrected chi connectivity index (χ0v) is 13.3. The molecule has 7 heteroatoms. The van der Waals surface area contributed by atoms with E-state index in [9.17, 15) is 19.8 Å². The van der Waals surface area contributed by atoms with Crippen LogP contribution in [0.5, 0.6) is 17.2 Å². The van der Waals surface area contributed by atoms with E-state index in [1.807, 2.05) is 0 Å². The molecule has 0 radical (unpaired) electrons. The standard InChI is InChI=1S/C17H13ClO6/c1-8-4-10(15(20)11(18)5-8)16(21)17(22)14(19)9-2-3-12-13(6-9)24-7-23-12/h2-6,14,19-20H,7H2,1H3/t14-/m0/s1. The topological polar surface area (TPSA) is 93.1 Å². The van der Waals surface area contributed by atoms with Crippen molar-refractivity contribution in [1.29, 1.82) is 0 Å². The Hall–Kier alpha value is -2.57. The lowest BCUT2D eigenvalue weighted by molar-refractivity contribution is -0.123. The van der Waals surface area contributed by atoms with E-state index in [0.717, 1.165) is 0 Å². The number of ketones is 2. The van der Waals surface area contributed by atoms with Crippen LogP contribution in [0.25, 0.3) is 0 Å². The maximum absolute atomic E-state index is 12.3. The van der Waals surface area contributed by atoms with Crippen molar-refractivity contribution in [2.45, 2.75) is 13.0 Å². The minimum Gasteiger partial charge on any atom is -0.506 e. The molecule has 0 aliphatic carbocycles. The summed E-state index contributed by atoms with van der Waals surface area (Å²) in [6.45, 7) is 1.72. The normalized spacial score (nSPS) is 13.6. The van der Waals surface area contributed by atoms with Crippen molar-refractivity contribution in [2.24, 2.45) is 0 Å². The van der Waals surface area contributed by atoms with Crippen LogP contribution >= 0.6 is 11.6 Å². The smallest absolute Gasteiger partial charge is 0.236 e. The lowest BCUT2D eigenvalue weighted by atomic mass is 9.97. The number of phenolic OH excluding ortho intramolecular Hbond substituents is 1. The predicted molar refractivity (Wildman–Crippen MR) is 84.7 cm³/mol. The molecule has 2 N–H and O–H groups in total. The fourth-order valence-corrected chi connectivity index (χ4v) is 2.67. The van der Waals surface area contributed by atoms with E-state index in [2.05, 4.69) is 0 Å². The Morgan fingerprint density at radius 3 is 2.62 bits per heavy atom. The van der Waals surface area contributed by atoms with Gasteiger partial charge in [0.2, 0.25) is 18.4 Å². The molecule has 2 aromatic rings. The summed E-state index contributed by atoms with van der Waals surface area (Å²) in [5.41, 5.74) is 0.548. The SMILES string of the molecule is Cc1cc(Cl)c(O)c(C(=O)C(=O)[C@@H](O)c2ccc3c(c2)OCO3)c1. The number of hydrogen-bond donors (Lipinski definition) is 2. The van der Waals surface area contributed by atoms with Crippen LogP contribution in [0.4, 0.5) is 0 Å². The number of benzene rings is 2. The van der Waals surface area contributed by atoms with Gasteiger partial charge in [-0.3, -0.25) is 9.59 Å². The van der Waals surface area contributed by atoms with Gasteiger partial charge in [-0.05, 0) is 42.3 Å². The molecule has 0 aromatic heterocycles. The molecule has 6 nitrogen and oxygen atoms in total. The Morgan fingerprint density at radius 2 is 1.88 bits per heavy atom. The summed E-state index contributed by atoms with van der Waals surface area (Å²) in [6, 6.07) is 7.24. The first-order chi connectivity index (χ1) is 11.4. The van der Waals surface area contributed by atoms with Crippen LogP contribution in [-0.2, 0) is 4.79 Å². The summed E-state index contributed by atoms with van der Waals surface area (Å²) in [7, 11) is 0. The van der Waals surface area contributed by atoms with Gasteiger partial charge >= 0.3 is 0 Å². The zero-order valence-electron chi connectivity index (χ0n) is 12.6. The minimum atomic E-state index is -1.69. The molecular formula is C17H13ClO6. The van der Waals surface area contributed by atoms with Crippen LogP contribution in [0.3, 0.4) is 0 Å². The zero-order chi connectivity index (χ0) is 17.4. The molecule has 0 spiro atoms. The monoisotopic (exact) mass is 348 g/mol. The molecule has 0 saturated carbocycles. The van der Waals surface area contributed by atoms with E-state index in [-0.39, 0.29) is 22.9 Å². The number of hydrogen-bond acceptors (Lipinski definition) is 6. The fraction of sp³-hybridized carbons (Fsp3) is 0.176. The van der Waals surface area contributed by atoms with E-state index in [0.29, 0.717) is 17.1 Å². The number of carbonyl (C=O) groups is 2. The number of halogens is 1. The average molecular weight is 349 g/mol. The summed E-state index contributed by atoms with van der Waals surface area (Å²) in [5, 5.41) is 20.1. The second-order valence-electron chi connectivity index (χ2n) is 5.35. The Balaban J connectivity index is 1.90. The third kappa shape index (κ3) is 2.81. The van der Waals surface area contributed by atoms with Gasteiger partial charge in [0, 0.05) is 0 Å². The number of aromatic hydroxyl groups is 1. The third-order valence-corrected chi connectivity index (χ3v) is 3.92. The van der Waals surface area contributed by atoms with Gasteiger partial charge in [-0.25, -0.2) is 0 Å². The highest BCUT2D eigenvalue weighted by Gasteiger charge is 2.29. The van der Waals surface area contributed by atoms with E-state index >= 15 is 0 Å². The Kier molecular flexibility index (Phi) is 4.17. The quantitative estimate of drug-likeness (QED) is 0.651. The molecule has 0 bridgehead atoms. The maximum Gasteiger partial charge on any atom is 0.236 e. The molecule has 1 aliphatic rings. The molecule has 3 rings (SSSR count). The van der Waals surface area contributed by atoms with Gasteiger partial charge in [-0.1, -0.05) is 17.7 Å². The van der Waals surface area contributed by atoms with Gasteiger partial charge in [0.05, 0.1) is 10.6 Å². The van der Waals surface area contributed by atoms with Gasteiger partial charge in [-0.15, -0.1) is 0 Å². The summed E-state index contributed by atoms with van der Waals surface area (Å²) in [6.07, 6.45) is -1.69. The number of fused-ring (bicyclic) bond motifs is 1. The first kappa shape index (κ1) is 16.3. The Morgan fingerprint density at radius 1 is 1.17 bits per heavy atom. The molecular weight excluding hydrogens is 336 g/mol. The third-order valence-electron chi connectivity index (χ3n) is 3.64. The molecule has 0 unspecified atom stereocenters.